The van der Waals surface area contributed by atoms with Gasteiger partial charge in [-0.1, -0.05) is 11.6 Å². The number of rotatable bonds is 3. The molecule has 0 saturated heterocycles. The Morgan fingerprint density at radius 3 is 2.88 bits per heavy atom. The molecule has 2 amide bonds. The van der Waals surface area contributed by atoms with E-state index in [0.29, 0.717) is 6.54 Å². The van der Waals surface area contributed by atoms with Crippen LogP contribution < -0.4 is 10.6 Å². The summed E-state index contributed by atoms with van der Waals surface area (Å²) in [5.41, 5.74) is 2.19. The second-order valence-corrected chi connectivity index (χ2v) is 4.16. The average Bonchev–Trinajstić information content (AvgIpc) is 2.88. The Balaban J connectivity index is 1.72. The Labute approximate surface area is 101 Å². The number of nitrogens with zero attached hydrogens (tertiary/aromatic N) is 1. The molecule has 0 unspecified atom stereocenters. The number of carbonyl (C=O) groups excluding carboxylic acids is 1. The van der Waals surface area contributed by atoms with Gasteiger partial charge in [-0.15, -0.1) is 0 Å². The number of aromatic nitrogens is 1. The summed E-state index contributed by atoms with van der Waals surface area (Å²) in [6, 6.07) is 5.47. The molecule has 17 heavy (non-hydrogen) atoms. The zero-order valence-corrected chi connectivity index (χ0v) is 9.78. The number of carbonyl (C=O) groups is 1. The third kappa shape index (κ3) is 3.90. The maximum absolute atomic E-state index is 11.5. The van der Waals surface area contributed by atoms with E-state index in [9.17, 15) is 4.79 Å². The standard InChI is InChI=1S/C13H17N3O/c17-13(15-9-11-5-1-2-6-11)16-10-12-7-3-4-8-14-12/h3-4,7-9H,1-2,5-6,10H2,(H2,15,16,17). The minimum absolute atomic E-state index is 0.171. The van der Waals surface area contributed by atoms with E-state index in [4.69, 9.17) is 0 Å². The molecule has 1 aliphatic carbocycles. The molecular weight excluding hydrogens is 214 g/mol. The summed E-state index contributed by atoms with van der Waals surface area (Å²) in [5, 5.41) is 5.52. The molecule has 1 aromatic heterocycles. The van der Waals surface area contributed by atoms with Crippen molar-refractivity contribution in [3.05, 3.63) is 41.9 Å². The van der Waals surface area contributed by atoms with Gasteiger partial charge >= 0.3 is 6.03 Å². The van der Waals surface area contributed by atoms with Gasteiger partial charge in [-0.3, -0.25) is 4.98 Å². The van der Waals surface area contributed by atoms with E-state index < -0.39 is 0 Å². The average molecular weight is 231 g/mol. The highest BCUT2D eigenvalue weighted by Crippen LogP contribution is 2.22. The molecular formula is C13H17N3O. The van der Waals surface area contributed by atoms with Crippen molar-refractivity contribution in [2.45, 2.75) is 32.2 Å². The molecule has 0 aliphatic heterocycles. The van der Waals surface area contributed by atoms with E-state index in [0.717, 1.165) is 18.5 Å². The zero-order chi connectivity index (χ0) is 11.9. The Kier molecular flexibility index (Phi) is 4.13. The second kappa shape index (κ2) is 6.03. The second-order valence-electron chi connectivity index (χ2n) is 4.16. The largest absolute Gasteiger partial charge is 0.332 e. The van der Waals surface area contributed by atoms with Gasteiger partial charge in [-0.05, 0) is 37.8 Å². The van der Waals surface area contributed by atoms with E-state index in [2.05, 4.69) is 15.6 Å². The topological polar surface area (TPSA) is 54.0 Å². The number of hydrogen-bond acceptors (Lipinski definition) is 2. The van der Waals surface area contributed by atoms with Crippen molar-refractivity contribution < 1.29 is 4.79 Å². The van der Waals surface area contributed by atoms with Gasteiger partial charge in [0, 0.05) is 12.4 Å². The van der Waals surface area contributed by atoms with Gasteiger partial charge in [0.25, 0.3) is 0 Å². The minimum atomic E-state index is -0.171. The number of amides is 2. The van der Waals surface area contributed by atoms with Gasteiger partial charge in [0.2, 0.25) is 0 Å². The molecule has 1 fully saturated rings. The van der Waals surface area contributed by atoms with Crippen molar-refractivity contribution in [2.24, 2.45) is 0 Å². The number of pyridine rings is 1. The molecule has 1 heterocycles. The van der Waals surface area contributed by atoms with Crippen LogP contribution in [0.4, 0.5) is 4.79 Å². The molecule has 4 heteroatoms. The first-order chi connectivity index (χ1) is 8.34. The highest BCUT2D eigenvalue weighted by Gasteiger charge is 2.06. The predicted octanol–water partition coefficient (Wildman–Crippen LogP) is 2.34. The number of hydrogen-bond donors (Lipinski definition) is 2. The van der Waals surface area contributed by atoms with Crippen molar-refractivity contribution in [1.82, 2.24) is 15.6 Å². The molecule has 1 saturated carbocycles. The van der Waals surface area contributed by atoms with Crippen LogP contribution in [0.2, 0.25) is 0 Å². The van der Waals surface area contributed by atoms with E-state index in [-0.39, 0.29) is 6.03 Å². The summed E-state index contributed by atoms with van der Waals surface area (Å²) in [6.45, 7) is 0.454. The third-order valence-corrected chi connectivity index (χ3v) is 2.81. The fourth-order valence-electron chi connectivity index (χ4n) is 1.87. The first-order valence-corrected chi connectivity index (χ1v) is 5.97. The van der Waals surface area contributed by atoms with E-state index in [1.165, 1.54) is 18.4 Å². The van der Waals surface area contributed by atoms with Gasteiger partial charge in [-0.2, -0.15) is 0 Å². The predicted molar refractivity (Wildman–Crippen MR) is 66.2 cm³/mol. The van der Waals surface area contributed by atoms with E-state index >= 15 is 0 Å². The SMILES string of the molecule is O=C(NC=C1CCCC1)NCc1ccccn1. The van der Waals surface area contributed by atoms with Gasteiger partial charge in [0.05, 0.1) is 12.2 Å². The first-order valence-electron chi connectivity index (χ1n) is 5.97. The molecule has 0 aromatic carbocycles. The minimum Gasteiger partial charge on any atom is -0.332 e. The quantitative estimate of drug-likeness (QED) is 0.839. The Bertz CT molecular complexity index is 392. The van der Waals surface area contributed by atoms with Crippen LogP contribution >= 0.6 is 0 Å². The molecule has 0 atom stereocenters. The summed E-state index contributed by atoms with van der Waals surface area (Å²) < 4.78 is 0. The van der Waals surface area contributed by atoms with Crippen LogP contribution in [0.25, 0.3) is 0 Å². The third-order valence-electron chi connectivity index (χ3n) is 2.81. The monoisotopic (exact) mass is 231 g/mol. The van der Waals surface area contributed by atoms with Crippen LogP contribution in [-0.4, -0.2) is 11.0 Å². The van der Waals surface area contributed by atoms with Crippen molar-refractivity contribution in [3.8, 4) is 0 Å². The summed E-state index contributed by atoms with van der Waals surface area (Å²) in [7, 11) is 0. The fraction of sp³-hybridized carbons (Fsp3) is 0.385. The molecule has 1 aliphatic rings. The lowest BCUT2D eigenvalue weighted by molar-refractivity contribution is 0.243. The smallest absolute Gasteiger partial charge is 0.319 e. The van der Waals surface area contributed by atoms with Gasteiger partial charge in [0.15, 0.2) is 0 Å². The van der Waals surface area contributed by atoms with E-state index in [1.807, 2.05) is 24.4 Å². The van der Waals surface area contributed by atoms with E-state index in [1.54, 1.807) is 6.20 Å². The Morgan fingerprint density at radius 2 is 2.18 bits per heavy atom. The Hall–Kier alpha value is -1.84. The molecule has 4 nitrogen and oxygen atoms in total. The number of nitrogens with one attached hydrogen (secondary N) is 2. The summed E-state index contributed by atoms with van der Waals surface area (Å²) in [4.78, 5) is 15.6. The molecule has 0 spiro atoms. The van der Waals surface area contributed by atoms with Gasteiger partial charge < -0.3 is 10.6 Å². The van der Waals surface area contributed by atoms with Crippen molar-refractivity contribution in [2.75, 3.05) is 0 Å². The van der Waals surface area contributed by atoms with Crippen molar-refractivity contribution in [1.29, 1.82) is 0 Å². The molecule has 2 rings (SSSR count). The van der Waals surface area contributed by atoms with Crippen molar-refractivity contribution in [3.63, 3.8) is 0 Å². The number of allylic oxidation sites excluding steroid dienone is 1. The number of urea groups is 1. The van der Waals surface area contributed by atoms with Crippen LogP contribution in [0.1, 0.15) is 31.4 Å². The van der Waals surface area contributed by atoms with Crippen LogP contribution in [0.15, 0.2) is 36.2 Å². The van der Waals surface area contributed by atoms with Gasteiger partial charge in [-0.25, -0.2) is 4.79 Å². The zero-order valence-electron chi connectivity index (χ0n) is 9.78. The summed E-state index contributed by atoms with van der Waals surface area (Å²) >= 11 is 0. The molecule has 1 aromatic rings. The normalized spacial score (nSPS) is 14.5. The lowest BCUT2D eigenvalue weighted by Crippen LogP contribution is -2.32. The van der Waals surface area contributed by atoms with Crippen LogP contribution in [-0.2, 0) is 6.54 Å². The van der Waals surface area contributed by atoms with Crippen molar-refractivity contribution >= 4 is 6.03 Å². The van der Waals surface area contributed by atoms with Crippen LogP contribution in [0, 0.1) is 0 Å². The molecule has 2 N–H and O–H groups in total. The van der Waals surface area contributed by atoms with Gasteiger partial charge in [0.1, 0.15) is 0 Å². The molecule has 0 radical (unpaired) electrons. The lowest BCUT2D eigenvalue weighted by Gasteiger charge is -2.04. The maximum Gasteiger partial charge on any atom is 0.319 e. The highest BCUT2D eigenvalue weighted by atomic mass is 16.2. The van der Waals surface area contributed by atoms with Crippen LogP contribution in [0.5, 0.6) is 0 Å². The summed E-state index contributed by atoms with van der Waals surface area (Å²) in [5.74, 6) is 0. The maximum atomic E-state index is 11.5. The highest BCUT2D eigenvalue weighted by molar-refractivity contribution is 5.74. The summed E-state index contributed by atoms with van der Waals surface area (Å²) in [6.07, 6.45) is 8.25. The fourth-order valence-corrected chi connectivity index (χ4v) is 1.87. The first kappa shape index (κ1) is 11.6. The molecule has 90 valence electrons. The Morgan fingerprint density at radius 1 is 1.35 bits per heavy atom. The van der Waals surface area contributed by atoms with Crippen LogP contribution in [0.3, 0.4) is 0 Å². The molecule has 0 bridgehead atoms. The lowest BCUT2D eigenvalue weighted by atomic mass is 10.2.